The number of rotatable bonds is 4. The van der Waals surface area contributed by atoms with Crippen LogP contribution in [-0.4, -0.2) is 12.1 Å². The van der Waals surface area contributed by atoms with Gasteiger partial charge in [0.05, 0.1) is 5.76 Å². The van der Waals surface area contributed by atoms with Gasteiger partial charge in [-0.25, -0.2) is 0 Å². The third-order valence-corrected chi connectivity index (χ3v) is 8.67. The van der Waals surface area contributed by atoms with Crippen LogP contribution in [0, 0.1) is 17.3 Å². The molecule has 0 saturated heterocycles. The molecule has 4 aliphatic carbocycles. The molecular weight excluding hydrogens is 372 g/mol. The molecule has 1 aromatic carbocycles. The second kappa shape index (κ2) is 8.05. The van der Waals surface area contributed by atoms with E-state index in [2.05, 4.69) is 25.1 Å². The highest BCUT2D eigenvalue weighted by Gasteiger charge is 2.55. The van der Waals surface area contributed by atoms with Crippen molar-refractivity contribution in [1.29, 1.82) is 0 Å². The summed E-state index contributed by atoms with van der Waals surface area (Å²) >= 11 is 0. The van der Waals surface area contributed by atoms with Gasteiger partial charge in [0.15, 0.2) is 0 Å². The predicted octanol–water partition coefficient (Wildman–Crippen LogP) is 6.70. The predicted molar refractivity (Wildman–Crippen MR) is 118 cm³/mol. The van der Waals surface area contributed by atoms with Crippen LogP contribution in [0.3, 0.4) is 0 Å². The normalized spacial score (nSPS) is 34.9. The van der Waals surface area contributed by atoms with Gasteiger partial charge < -0.3 is 9.47 Å². The van der Waals surface area contributed by atoms with Gasteiger partial charge in [0.25, 0.3) is 0 Å². The van der Waals surface area contributed by atoms with Gasteiger partial charge >= 0.3 is 5.97 Å². The summed E-state index contributed by atoms with van der Waals surface area (Å²) in [5.41, 5.74) is 3.25. The minimum absolute atomic E-state index is 0.151. The minimum atomic E-state index is -0.151. The van der Waals surface area contributed by atoms with E-state index in [9.17, 15) is 4.79 Å². The Morgan fingerprint density at radius 3 is 2.83 bits per heavy atom. The van der Waals surface area contributed by atoms with E-state index in [-0.39, 0.29) is 5.97 Å². The lowest BCUT2D eigenvalue weighted by atomic mass is 9.55. The van der Waals surface area contributed by atoms with Crippen molar-refractivity contribution in [2.75, 3.05) is 0 Å². The molecule has 0 aromatic heterocycles. The van der Waals surface area contributed by atoms with Crippen LogP contribution in [0.25, 0.3) is 0 Å². The van der Waals surface area contributed by atoms with E-state index in [4.69, 9.17) is 9.47 Å². The van der Waals surface area contributed by atoms with E-state index in [1.54, 1.807) is 0 Å². The monoisotopic (exact) mass is 408 g/mol. The molecule has 5 rings (SSSR count). The summed E-state index contributed by atoms with van der Waals surface area (Å²) in [6.07, 6.45) is 15.6. The lowest BCUT2D eigenvalue weighted by Gasteiger charge is -2.50. The van der Waals surface area contributed by atoms with Crippen LogP contribution in [0.5, 0.6) is 5.75 Å². The van der Waals surface area contributed by atoms with Crippen LogP contribution in [0.4, 0.5) is 0 Å². The molecule has 0 heterocycles. The largest absolute Gasteiger partial charge is 0.495 e. The van der Waals surface area contributed by atoms with Crippen LogP contribution in [0.1, 0.15) is 95.1 Å². The Kier molecular flexibility index (Phi) is 5.41. The third-order valence-electron chi connectivity index (χ3n) is 8.67. The number of hydrogen-bond donors (Lipinski definition) is 0. The molecule has 30 heavy (non-hydrogen) atoms. The van der Waals surface area contributed by atoms with Gasteiger partial charge in [0.2, 0.25) is 0 Å². The number of fused-ring (bicyclic) bond motifs is 5. The van der Waals surface area contributed by atoms with Crippen LogP contribution >= 0.6 is 0 Å². The molecule has 4 aliphatic rings. The summed E-state index contributed by atoms with van der Waals surface area (Å²) in [5, 5.41) is 0. The molecule has 2 fully saturated rings. The fourth-order valence-corrected chi connectivity index (χ4v) is 7.07. The van der Waals surface area contributed by atoms with Crippen molar-refractivity contribution in [2.45, 2.75) is 96.5 Å². The average Bonchev–Trinajstić information content (AvgIpc) is 3.10. The van der Waals surface area contributed by atoms with Gasteiger partial charge in [-0.15, -0.1) is 0 Å². The van der Waals surface area contributed by atoms with Crippen molar-refractivity contribution >= 4 is 5.97 Å². The van der Waals surface area contributed by atoms with Gasteiger partial charge in [-0.3, -0.25) is 4.79 Å². The number of carbonyl (C=O) groups excluding carboxylic acids is 1. The van der Waals surface area contributed by atoms with E-state index >= 15 is 0 Å². The molecular formula is C27H36O3. The van der Waals surface area contributed by atoms with Gasteiger partial charge in [0, 0.05) is 18.3 Å². The smallest absolute Gasteiger partial charge is 0.310 e. The number of benzene rings is 1. The molecule has 0 radical (unpaired) electrons. The number of carbonyl (C=O) groups is 1. The minimum Gasteiger partial charge on any atom is -0.495 e. The zero-order chi connectivity index (χ0) is 20.7. The standard InChI is InChI=1S/C27H36O3/c1-3-26(28)30-20-10-12-21-18(17-20)9-11-23-22(21)15-16-27(2)24(23)13-14-25(27)29-19-7-5-4-6-8-19/h7,10,12,17,22-25H,3-6,8-9,11,13-16H2,1-2H3/t22-,23-,24+,25?,27+/m1/s1. The SMILES string of the molecule is CCC(=O)Oc1ccc2c(c1)CC[C@@H]1[C@@H]2CC[C@]2(C)C(OC3=CCCCC3)CC[C@@H]12. The highest BCUT2D eigenvalue weighted by molar-refractivity contribution is 5.72. The van der Waals surface area contributed by atoms with E-state index in [1.165, 1.54) is 68.3 Å². The lowest BCUT2D eigenvalue weighted by Crippen LogP contribution is -2.44. The molecule has 162 valence electrons. The van der Waals surface area contributed by atoms with Crippen molar-refractivity contribution in [3.8, 4) is 5.75 Å². The van der Waals surface area contributed by atoms with Crippen molar-refractivity contribution < 1.29 is 14.3 Å². The maximum atomic E-state index is 11.7. The van der Waals surface area contributed by atoms with Crippen molar-refractivity contribution in [1.82, 2.24) is 0 Å². The first-order valence-electron chi connectivity index (χ1n) is 12.3. The van der Waals surface area contributed by atoms with Crippen LogP contribution in [0.2, 0.25) is 0 Å². The summed E-state index contributed by atoms with van der Waals surface area (Å²) < 4.78 is 12.1. The molecule has 0 amide bonds. The Morgan fingerprint density at radius 1 is 1.13 bits per heavy atom. The number of hydrogen-bond acceptors (Lipinski definition) is 3. The van der Waals surface area contributed by atoms with Gasteiger partial charge in [-0.2, -0.15) is 0 Å². The highest BCUT2D eigenvalue weighted by atomic mass is 16.5. The second-order valence-corrected chi connectivity index (χ2v) is 10.2. The second-order valence-electron chi connectivity index (χ2n) is 10.2. The maximum Gasteiger partial charge on any atom is 0.310 e. The molecule has 2 saturated carbocycles. The Morgan fingerprint density at radius 2 is 2.03 bits per heavy atom. The summed E-state index contributed by atoms with van der Waals surface area (Å²) in [7, 11) is 0. The number of allylic oxidation sites excluding steroid dienone is 2. The van der Waals surface area contributed by atoms with Gasteiger partial charge in [-0.05, 0) is 105 Å². The van der Waals surface area contributed by atoms with E-state index < -0.39 is 0 Å². The quantitative estimate of drug-likeness (QED) is 0.411. The molecule has 1 unspecified atom stereocenters. The molecule has 0 aliphatic heterocycles. The fraction of sp³-hybridized carbons (Fsp3) is 0.667. The summed E-state index contributed by atoms with van der Waals surface area (Å²) in [6, 6.07) is 6.39. The zero-order valence-corrected chi connectivity index (χ0v) is 18.6. The van der Waals surface area contributed by atoms with Gasteiger partial charge in [0.1, 0.15) is 11.9 Å². The number of aryl methyl sites for hydroxylation is 1. The average molecular weight is 409 g/mol. The van der Waals surface area contributed by atoms with Crippen LogP contribution in [-0.2, 0) is 16.0 Å². The molecule has 3 heteroatoms. The molecule has 0 N–H and O–H groups in total. The summed E-state index contributed by atoms with van der Waals surface area (Å²) in [4.78, 5) is 11.7. The van der Waals surface area contributed by atoms with Crippen molar-refractivity contribution in [3.63, 3.8) is 0 Å². The van der Waals surface area contributed by atoms with Crippen molar-refractivity contribution in [3.05, 3.63) is 41.2 Å². The first kappa shape index (κ1) is 20.2. The van der Waals surface area contributed by atoms with Crippen molar-refractivity contribution in [2.24, 2.45) is 17.3 Å². The number of ether oxygens (including phenoxy) is 2. The van der Waals surface area contributed by atoms with E-state index in [0.29, 0.717) is 23.9 Å². The number of esters is 1. The molecule has 0 spiro atoms. The van der Waals surface area contributed by atoms with Gasteiger partial charge in [-0.1, -0.05) is 19.9 Å². The Balaban J connectivity index is 1.33. The Hall–Kier alpha value is -1.77. The molecule has 3 nitrogen and oxygen atoms in total. The summed E-state index contributed by atoms with van der Waals surface area (Å²) in [6.45, 7) is 4.37. The molecule has 5 atom stereocenters. The first-order valence-corrected chi connectivity index (χ1v) is 12.3. The van der Waals surface area contributed by atoms with E-state index in [0.717, 1.165) is 30.4 Å². The Labute approximate surface area is 181 Å². The first-order chi connectivity index (χ1) is 14.6. The third kappa shape index (κ3) is 3.48. The highest BCUT2D eigenvalue weighted by Crippen LogP contribution is 2.62. The molecule has 0 bridgehead atoms. The van der Waals surface area contributed by atoms with Crippen LogP contribution < -0.4 is 4.74 Å². The topological polar surface area (TPSA) is 35.5 Å². The summed E-state index contributed by atoms with van der Waals surface area (Å²) in [5.74, 6) is 4.05. The fourth-order valence-electron chi connectivity index (χ4n) is 7.07. The van der Waals surface area contributed by atoms with Crippen LogP contribution in [0.15, 0.2) is 30.0 Å². The maximum absolute atomic E-state index is 11.7. The zero-order valence-electron chi connectivity index (χ0n) is 18.6. The lowest BCUT2D eigenvalue weighted by molar-refractivity contribution is -0.134. The Bertz CT molecular complexity index is 841. The molecule has 1 aromatic rings. The van der Waals surface area contributed by atoms with E-state index in [1.807, 2.05) is 13.0 Å².